The molecule has 29 heavy (non-hydrogen) atoms. The van der Waals surface area contributed by atoms with E-state index in [0.29, 0.717) is 12.1 Å². The minimum Gasteiger partial charge on any atom is -0.464 e. The molecule has 0 saturated carbocycles. The Morgan fingerprint density at radius 2 is 1.90 bits per heavy atom. The average molecular weight is 396 g/mol. The predicted octanol–water partition coefficient (Wildman–Crippen LogP) is 1.26. The van der Waals surface area contributed by atoms with Gasteiger partial charge in [0.2, 0.25) is 0 Å². The number of esters is 2. The van der Waals surface area contributed by atoms with E-state index in [1.165, 1.54) is 14.0 Å². The first kappa shape index (κ1) is 18.9. The second kappa shape index (κ2) is 7.56. The summed E-state index contributed by atoms with van der Waals surface area (Å²) in [6.07, 6.45) is -1.28. The SMILES string of the molecule is COC(=O)/C(NC(=O)c1cccc2ccccc12)=C1\NC[C@H]2O[C@H]2[C@@H]1OC(C)=O. The third kappa shape index (κ3) is 3.66. The Morgan fingerprint density at radius 1 is 1.14 bits per heavy atom. The Hall–Kier alpha value is -3.39. The van der Waals surface area contributed by atoms with Crippen molar-refractivity contribution in [3.05, 3.63) is 59.4 Å². The lowest BCUT2D eigenvalue weighted by molar-refractivity contribution is -0.146. The van der Waals surface area contributed by atoms with Crippen molar-refractivity contribution in [3.8, 4) is 0 Å². The highest BCUT2D eigenvalue weighted by Crippen LogP contribution is 2.35. The molecule has 2 aliphatic heterocycles. The number of hydrogen-bond donors (Lipinski definition) is 2. The van der Waals surface area contributed by atoms with Crippen LogP contribution in [-0.2, 0) is 23.8 Å². The van der Waals surface area contributed by atoms with Crippen molar-refractivity contribution in [2.75, 3.05) is 13.7 Å². The van der Waals surface area contributed by atoms with Crippen LogP contribution < -0.4 is 10.6 Å². The number of amides is 1. The van der Waals surface area contributed by atoms with Crippen molar-refractivity contribution in [1.29, 1.82) is 0 Å². The van der Waals surface area contributed by atoms with Gasteiger partial charge >= 0.3 is 11.9 Å². The fourth-order valence-electron chi connectivity index (χ4n) is 3.53. The lowest BCUT2D eigenvalue weighted by atomic mass is 10.0. The Labute approximate surface area is 166 Å². The maximum atomic E-state index is 13.0. The zero-order valence-electron chi connectivity index (χ0n) is 15.9. The number of carbonyl (C=O) groups excluding carboxylic acids is 3. The third-order valence-electron chi connectivity index (χ3n) is 4.92. The molecule has 2 saturated heterocycles. The number of hydrogen-bond acceptors (Lipinski definition) is 7. The van der Waals surface area contributed by atoms with Crippen LogP contribution in [0.5, 0.6) is 0 Å². The lowest BCUT2D eigenvalue weighted by Gasteiger charge is -2.26. The maximum Gasteiger partial charge on any atom is 0.356 e. The van der Waals surface area contributed by atoms with Crippen LogP contribution in [0.25, 0.3) is 10.8 Å². The van der Waals surface area contributed by atoms with E-state index in [1.54, 1.807) is 12.1 Å². The van der Waals surface area contributed by atoms with Gasteiger partial charge in [-0.25, -0.2) is 4.79 Å². The molecule has 2 N–H and O–H groups in total. The molecule has 4 rings (SSSR count). The zero-order chi connectivity index (χ0) is 20.5. The normalized spacial score (nSPS) is 24.0. The summed E-state index contributed by atoms with van der Waals surface area (Å²) >= 11 is 0. The van der Waals surface area contributed by atoms with Gasteiger partial charge in [0.05, 0.1) is 12.8 Å². The number of benzene rings is 2. The molecule has 0 radical (unpaired) electrons. The van der Waals surface area contributed by atoms with Gasteiger partial charge in [0, 0.05) is 19.0 Å². The van der Waals surface area contributed by atoms with E-state index < -0.39 is 23.9 Å². The van der Waals surface area contributed by atoms with Gasteiger partial charge in [0.15, 0.2) is 11.8 Å². The van der Waals surface area contributed by atoms with Crippen LogP contribution in [0.1, 0.15) is 17.3 Å². The predicted molar refractivity (Wildman–Crippen MR) is 103 cm³/mol. The topological polar surface area (TPSA) is 106 Å². The second-order valence-corrected chi connectivity index (χ2v) is 6.81. The number of fused-ring (bicyclic) bond motifs is 2. The Morgan fingerprint density at radius 3 is 2.66 bits per heavy atom. The summed E-state index contributed by atoms with van der Waals surface area (Å²) in [4.78, 5) is 37.1. The van der Waals surface area contributed by atoms with Crippen molar-refractivity contribution in [2.45, 2.75) is 25.2 Å². The molecule has 8 nitrogen and oxygen atoms in total. The van der Waals surface area contributed by atoms with Crippen LogP contribution in [0, 0.1) is 0 Å². The molecule has 1 amide bonds. The summed E-state index contributed by atoms with van der Waals surface area (Å²) in [5.74, 6) is -1.75. The van der Waals surface area contributed by atoms with Crippen LogP contribution in [0.4, 0.5) is 0 Å². The van der Waals surface area contributed by atoms with Gasteiger partial charge < -0.3 is 24.8 Å². The van der Waals surface area contributed by atoms with E-state index in [2.05, 4.69) is 10.6 Å². The van der Waals surface area contributed by atoms with E-state index in [-0.39, 0.29) is 23.6 Å². The highest BCUT2D eigenvalue weighted by Gasteiger charge is 2.53. The fourth-order valence-corrected chi connectivity index (χ4v) is 3.53. The second-order valence-electron chi connectivity index (χ2n) is 6.81. The molecule has 2 heterocycles. The Balaban J connectivity index is 1.71. The first-order valence-electron chi connectivity index (χ1n) is 9.17. The van der Waals surface area contributed by atoms with Crippen LogP contribution in [0.15, 0.2) is 53.9 Å². The van der Waals surface area contributed by atoms with E-state index in [4.69, 9.17) is 14.2 Å². The third-order valence-corrected chi connectivity index (χ3v) is 4.92. The molecule has 2 aromatic rings. The highest BCUT2D eigenvalue weighted by atomic mass is 16.6. The number of epoxide rings is 1. The molecular weight excluding hydrogens is 376 g/mol. The van der Waals surface area contributed by atoms with Crippen molar-refractivity contribution in [2.24, 2.45) is 0 Å². The standard InChI is InChI=1S/C21H20N2O6/c1-11(24)28-19-16(22-10-15-18(19)29-15)17(21(26)27-2)23-20(25)14-9-5-7-12-6-3-4-8-13(12)14/h3-9,15,18-19,22H,10H2,1-2H3,(H,23,25)/b17-16+/t15-,18-,19-/m1/s1. The van der Waals surface area contributed by atoms with E-state index >= 15 is 0 Å². The van der Waals surface area contributed by atoms with Gasteiger partial charge in [-0.1, -0.05) is 36.4 Å². The number of carbonyl (C=O) groups is 3. The largest absolute Gasteiger partial charge is 0.464 e. The molecule has 2 aromatic carbocycles. The van der Waals surface area contributed by atoms with Crippen LogP contribution in [-0.4, -0.2) is 49.8 Å². The van der Waals surface area contributed by atoms with Gasteiger partial charge in [-0.3, -0.25) is 9.59 Å². The summed E-state index contributed by atoms with van der Waals surface area (Å²) < 4.78 is 15.7. The van der Waals surface area contributed by atoms with Gasteiger partial charge in [-0.05, 0) is 16.8 Å². The number of piperidine rings is 1. The summed E-state index contributed by atoms with van der Waals surface area (Å²) in [6.45, 7) is 1.71. The summed E-state index contributed by atoms with van der Waals surface area (Å²) in [5.41, 5.74) is 0.565. The van der Waals surface area contributed by atoms with Gasteiger partial charge in [0.1, 0.15) is 12.2 Å². The number of nitrogens with one attached hydrogen (secondary N) is 2. The maximum absolute atomic E-state index is 13.0. The summed E-state index contributed by atoms with van der Waals surface area (Å²) in [5, 5.41) is 7.33. The van der Waals surface area contributed by atoms with Crippen molar-refractivity contribution in [3.63, 3.8) is 0 Å². The van der Waals surface area contributed by atoms with Crippen LogP contribution in [0.2, 0.25) is 0 Å². The van der Waals surface area contributed by atoms with Gasteiger partial charge in [-0.15, -0.1) is 0 Å². The molecular formula is C21H20N2O6. The van der Waals surface area contributed by atoms with Gasteiger partial charge in [-0.2, -0.15) is 0 Å². The van der Waals surface area contributed by atoms with Crippen molar-refractivity contribution >= 4 is 28.6 Å². The quantitative estimate of drug-likeness (QED) is 0.455. The number of rotatable bonds is 4. The molecule has 0 bridgehead atoms. The molecule has 0 aromatic heterocycles. The summed E-state index contributed by atoms with van der Waals surface area (Å²) in [7, 11) is 1.22. The van der Waals surface area contributed by atoms with Crippen molar-refractivity contribution in [1.82, 2.24) is 10.6 Å². The van der Waals surface area contributed by atoms with E-state index in [9.17, 15) is 14.4 Å². The van der Waals surface area contributed by atoms with Crippen LogP contribution >= 0.6 is 0 Å². The van der Waals surface area contributed by atoms with E-state index in [1.807, 2.05) is 30.3 Å². The molecule has 0 spiro atoms. The average Bonchev–Trinajstić information content (AvgIpc) is 3.51. The van der Waals surface area contributed by atoms with E-state index in [0.717, 1.165) is 10.8 Å². The minimum atomic E-state index is -0.826. The molecule has 2 fully saturated rings. The monoisotopic (exact) mass is 396 g/mol. The molecule has 0 unspecified atom stereocenters. The minimum absolute atomic E-state index is 0.101. The van der Waals surface area contributed by atoms with Gasteiger partial charge in [0.25, 0.3) is 5.91 Å². The van der Waals surface area contributed by atoms with Crippen molar-refractivity contribution < 1.29 is 28.6 Å². The fraction of sp³-hybridized carbons (Fsp3) is 0.286. The molecule has 0 aliphatic carbocycles. The number of methoxy groups -OCH3 is 1. The molecule has 2 aliphatic rings. The molecule has 150 valence electrons. The molecule has 3 atom stereocenters. The smallest absolute Gasteiger partial charge is 0.356 e. The highest BCUT2D eigenvalue weighted by molar-refractivity contribution is 6.09. The number of ether oxygens (including phenoxy) is 3. The zero-order valence-corrected chi connectivity index (χ0v) is 15.9. The summed E-state index contributed by atoms with van der Waals surface area (Å²) in [6, 6.07) is 12.8. The Kier molecular flexibility index (Phi) is 4.94. The Bertz CT molecular complexity index is 1030. The molecule has 8 heteroatoms. The van der Waals surface area contributed by atoms with Crippen LogP contribution in [0.3, 0.4) is 0 Å². The first-order valence-corrected chi connectivity index (χ1v) is 9.17. The lowest BCUT2D eigenvalue weighted by Crippen LogP contribution is -2.45. The first-order chi connectivity index (χ1) is 14.0.